The molecule has 3 rings (SSSR count). The molecule has 0 aromatic heterocycles. The number of carbonyl (C=O) groups excluding carboxylic acids is 1. The van der Waals surface area contributed by atoms with Crippen LogP contribution in [0.15, 0.2) is 36.4 Å². The minimum Gasteiger partial charge on any atom is -0.497 e. The van der Waals surface area contributed by atoms with Crippen molar-refractivity contribution in [2.45, 2.75) is 33.2 Å². The predicted octanol–water partition coefficient (Wildman–Crippen LogP) is 3.62. The third-order valence-electron chi connectivity index (χ3n) is 4.75. The molecule has 1 heterocycles. The first-order valence-electron chi connectivity index (χ1n) is 9.46. The second-order valence-electron chi connectivity index (χ2n) is 6.52. The maximum absolute atomic E-state index is 12.8. The standard InChI is InChI=1S/C22H27NO4/c1-4-26-20-13-17-10-11-23(15-18(17)14-21(20)27-5-2)22(24)12-16-6-8-19(25-3)9-7-16/h6-9,13-14H,4-5,10-12,15H2,1-3H3. The van der Waals surface area contributed by atoms with E-state index in [0.717, 1.165) is 41.3 Å². The highest BCUT2D eigenvalue weighted by atomic mass is 16.5. The Labute approximate surface area is 160 Å². The number of ether oxygens (including phenoxy) is 3. The van der Waals surface area contributed by atoms with Crippen LogP contribution in [-0.4, -0.2) is 37.7 Å². The van der Waals surface area contributed by atoms with E-state index < -0.39 is 0 Å². The van der Waals surface area contributed by atoms with Gasteiger partial charge in [-0.25, -0.2) is 0 Å². The molecule has 0 N–H and O–H groups in total. The van der Waals surface area contributed by atoms with Crippen LogP contribution in [0, 0.1) is 0 Å². The zero-order valence-electron chi connectivity index (χ0n) is 16.3. The van der Waals surface area contributed by atoms with E-state index in [2.05, 4.69) is 6.07 Å². The molecular formula is C22H27NO4. The molecule has 0 atom stereocenters. The number of nitrogens with zero attached hydrogens (tertiary/aromatic N) is 1. The molecule has 1 aliphatic rings. The zero-order valence-corrected chi connectivity index (χ0v) is 16.3. The van der Waals surface area contributed by atoms with Crippen LogP contribution in [0.4, 0.5) is 0 Å². The lowest BCUT2D eigenvalue weighted by atomic mass is 9.98. The Kier molecular flexibility index (Phi) is 6.22. The lowest BCUT2D eigenvalue weighted by molar-refractivity contribution is -0.131. The Hall–Kier alpha value is -2.69. The molecule has 0 bridgehead atoms. The first kappa shape index (κ1) is 19.1. The number of carbonyl (C=O) groups is 1. The molecular weight excluding hydrogens is 342 g/mol. The largest absolute Gasteiger partial charge is 0.497 e. The summed E-state index contributed by atoms with van der Waals surface area (Å²) in [5, 5.41) is 0. The van der Waals surface area contributed by atoms with E-state index in [1.54, 1.807) is 7.11 Å². The molecule has 5 nitrogen and oxygen atoms in total. The number of methoxy groups -OCH3 is 1. The second-order valence-corrected chi connectivity index (χ2v) is 6.52. The van der Waals surface area contributed by atoms with Gasteiger partial charge in [0.2, 0.25) is 5.91 Å². The number of benzene rings is 2. The molecule has 0 unspecified atom stereocenters. The Morgan fingerprint density at radius 2 is 1.63 bits per heavy atom. The Morgan fingerprint density at radius 3 is 2.22 bits per heavy atom. The van der Waals surface area contributed by atoms with Crippen molar-refractivity contribution < 1.29 is 19.0 Å². The summed E-state index contributed by atoms with van der Waals surface area (Å²) < 4.78 is 16.6. The summed E-state index contributed by atoms with van der Waals surface area (Å²) in [5.74, 6) is 2.47. The summed E-state index contributed by atoms with van der Waals surface area (Å²) in [6, 6.07) is 11.7. The average Bonchev–Trinajstić information content (AvgIpc) is 2.69. The van der Waals surface area contributed by atoms with Crippen LogP contribution < -0.4 is 14.2 Å². The van der Waals surface area contributed by atoms with E-state index in [9.17, 15) is 4.79 Å². The van der Waals surface area contributed by atoms with Gasteiger partial charge in [0.15, 0.2) is 11.5 Å². The minimum atomic E-state index is 0.137. The number of amides is 1. The van der Waals surface area contributed by atoms with Crippen molar-refractivity contribution >= 4 is 5.91 Å². The van der Waals surface area contributed by atoms with Crippen LogP contribution in [0.2, 0.25) is 0 Å². The summed E-state index contributed by atoms with van der Waals surface area (Å²) in [6.45, 7) is 6.44. The normalized spacial score (nSPS) is 13.1. The fourth-order valence-electron chi connectivity index (χ4n) is 3.34. The van der Waals surface area contributed by atoms with Crippen molar-refractivity contribution in [3.63, 3.8) is 0 Å². The molecule has 1 aliphatic heterocycles. The maximum atomic E-state index is 12.8. The van der Waals surface area contributed by atoms with Crippen molar-refractivity contribution in [2.75, 3.05) is 26.9 Å². The van der Waals surface area contributed by atoms with E-state index in [0.29, 0.717) is 26.2 Å². The van der Waals surface area contributed by atoms with Gasteiger partial charge in [0.05, 0.1) is 26.7 Å². The minimum absolute atomic E-state index is 0.137. The molecule has 0 saturated heterocycles. The van der Waals surface area contributed by atoms with Gasteiger partial charge in [-0.1, -0.05) is 12.1 Å². The lowest BCUT2D eigenvalue weighted by Crippen LogP contribution is -2.37. The summed E-state index contributed by atoms with van der Waals surface area (Å²) >= 11 is 0. The van der Waals surface area contributed by atoms with Crippen molar-refractivity contribution in [2.24, 2.45) is 0 Å². The number of fused-ring (bicyclic) bond motifs is 1. The van der Waals surface area contributed by atoms with Crippen molar-refractivity contribution in [3.8, 4) is 17.2 Å². The van der Waals surface area contributed by atoms with Gasteiger partial charge in [0.1, 0.15) is 5.75 Å². The highest BCUT2D eigenvalue weighted by molar-refractivity contribution is 5.79. The third kappa shape index (κ3) is 4.54. The molecule has 5 heteroatoms. The maximum Gasteiger partial charge on any atom is 0.227 e. The molecule has 27 heavy (non-hydrogen) atoms. The molecule has 0 saturated carbocycles. The van der Waals surface area contributed by atoms with Crippen LogP contribution in [0.3, 0.4) is 0 Å². The van der Waals surface area contributed by atoms with Crippen LogP contribution in [0.25, 0.3) is 0 Å². The van der Waals surface area contributed by atoms with Gasteiger partial charge in [-0.05, 0) is 61.2 Å². The van der Waals surface area contributed by atoms with Gasteiger partial charge < -0.3 is 19.1 Å². The van der Waals surface area contributed by atoms with Gasteiger partial charge in [-0.15, -0.1) is 0 Å². The van der Waals surface area contributed by atoms with Crippen LogP contribution >= 0.6 is 0 Å². The summed E-state index contributed by atoms with van der Waals surface area (Å²) in [6.07, 6.45) is 1.23. The van der Waals surface area contributed by atoms with E-state index in [-0.39, 0.29) is 5.91 Å². The molecule has 0 fully saturated rings. The molecule has 2 aromatic carbocycles. The first-order valence-corrected chi connectivity index (χ1v) is 9.46. The molecule has 0 spiro atoms. The average molecular weight is 369 g/mol. The highest BCUT2D eigenvalue weighted by Gasteiger charge is 2.23. The summed E-state index contributed by atoms with van der Waals surface area (Å²) in [7, 11) is 1.64. The van der Waals surface area contributed by atoms with Crippen molar-refractivity contribution in [1.82, 2.24) is 4.90 Å². The van der Waals surface area contributed by atoms with Gasteiger partial charge in [0, 0.05) is 13.1 Å². The van der Waals surface area contributed by atoms with E-state index in [1.807, 2.05) is 49.1 Å². The monoisotopic (exact) mass is 369 g/mol. The summed E-state index contributed by atoms with van der Waals surface area (Å²) in [5.41, 5.74) is 3.36. The molecule has 0 aliphatic carbocycles. The number of hydrogen-bond donors (Lipinski definition) is 0. The Morgan fingerprint density at radius 1 is 1.00 bits per heavy atom. The lowest BCUT2D eigenvalue weighted by Gasteiger charge is -2.30. The molecule has 0 radical (unpaired) electrons. The number of rotatable bonds is 7. The van der Waals surface area contributed by atoms with Crippen LogP contribution in [0.5, 0.6) is 17.2 Å². The number of hydrogen-bond acceptors (Lipinski definition) is 4. The van der Waals surface area contributed by atoms with Crippen LogP contribution in [-0.2, 0) is 24.2 Å². The van der Waals surface area contributed by atoms with E-state index in [1.165, 1.54) is 5.56 Å². The fraction of sp³-hybridized carbons (Fsp3) is 0.409. The van der Waals surface area contributed by atoms with E-state index >= 15 is 0 Å². The van der Waals surface area contributed by atoms with Gasteiger partial charge in [-0.2, -0.15) is 0 Å². The van der Waals surface area contributed by atoms with Crippen molar-refractivity contribution in [3.05, 3.63) is 53.1 Å². The fourth-order valence-corrected chi connectivity index (χ4v) is 3.34. The van der Waals surface area contributed by atoms with E-state index in [4.69, 9.17) is 14.2 Å². The predicted molar refractivity (Wildman–Crippen MR) is 105 cm³/mol. The third-order valence-corrected chi connectivity index (χ3v) is 4.75. The smallest absolute Gasteiger partial charge is 0.227 e. The van der Waals surface area contributed by atoms with Gasteiger partial charge >= 0.3 is 0 Å². The summed E-state index contributed by atoms with van der Waals surface area (Å²) in [4.78, 5) is 14.7. The molecule has 2 aromatic rings. The molecule has 144 valence electrons. The quantitative estimate of drug-likeness (QED) is 0.748. The SMILES string of the molecule is CCOc1cc2c(cc1OCC)CN(C(=O)Cc1ccc(OC)cc1)CC2. The Bertz CT molecular complexity index is 786. The molecule has 1 amide bonds. The first-order chi connectivity index (χ1) is 13.1. The highest BCUT2D eigenvalue weighted by Crippen LogP contribution is 2.34. The Balaban J connectivity index is 1.72. The van der Waals surface area contributed by atoms with Crippen molar-refractivity contribution in [1.29, 1.82) is 0 Å². The van der Waals surface area contributed by atoms with Gasteiger partial charge in [-0.3, -0.25) is 4.79 Å². The second kappa shape index (κ2) is 8.80. The topological polar surface area (TPSA) is 48.0 Å². The van der Waals surface area contributed by atoms with Gasteiger partial charge in [0.25, 0.3) is 0 Å². The zero-order chi connectivity index (χ0) is 19.2. The van der Waals surface area contributed by atoms with Crippen LogP contribution in [0.1, 0.15) is 30.5 Å².